The lowest BCUT2D eigenvalue weighted by molar-refractivity contribution is -0.150. The quantitative estimate of drug-likeness (QED) is 0.909. The molecule has 0 fully saturated rings. The van der Waals surface area contributed by atoms with Crippen molar-refractivity contribution in [2.75, 3.05) is 6.54 Å². The van der Waals surface area contributed by atoms with Gasteiger partial charge in [-0.3, -0.25) is 4.79 Å². The Bertz CT molecular complexity index is 528. The van der Waals surface area contributed by atoms with Crippen LogP contribution in [0.1, 0.15) is 37.4 Å². The Morgan fingerprint density at radius 2 is 1.95 bits per heavy atom. The highest BCUT2D eigenvalue weighted by Gasteiger charge is 2.34. The van der Waals surface area contributed by atoms with E-state index in [9.17, 15) is 27.9 Å². The molecule has 0 aliphatic carbocycles. The number of benzene rings is 1. The summed E-state index contributed by atoms with van der Waals surface area (Å²) in [5.41, 5.74) is -1.01. The molecule has 116 valence electrons. The van der Waals surface area contributed by atoms with E-state index in [0.717, 1.165) is 23.1 Å². The first kappa shape index (κ1) is 17.0. The van der Waals surface area contributed by atoms with Crippen molar-refractivity contribution in [3.8, 4) is 0 Å². The smallest absolute Gasteiger partial charge is 0.416 e. The highest BCUT2D eigenvalue weighted by Crippen LogP contribution is 2.32. The minimum atomic E-state index is -4.56. The Kier molecular flexibility index (Phi) is 5.34. The van der Waals surface area contributed by atoms with Crippen molar-refractivity contribution in [3.63, 3.8) is 0 Å². The summed E-state index contributed by atoms with van der Waals surface area (Å²) < 4.78 is 38.1. The normalized spacial score (nSPS) is 12.8. The minimum Gasteiger partial charge on any atom is -0.479 e. The van der Waals surface area contributed by atoms with Gasteiger partial charge in [-0.25, -0.2) is 4.79 Å². The molecule has 0 aromatic heterocycles. The number of nitrogens with zero attached hydrogens (tertiary/aromatic N) is 1. The van der Waals surface area contributed by atoms with Gasteiger partial charge in [-0.15, -0.1) is 0 Å². The first-order valence-corrected chi connectivity index (χ1v) is 6.35. The second kappa shape index (κ2) is 6.60. The van der Waals surface area contributed by atoms with E-state index >= 15 is 0 Å². The van der Waals surface area contributed by atoms with E-state index in [1.807, 2.05) is 0 Å². The lowest BCUT2D eigenvalue weighted by atomic mass is 10.0. The molecule has 1 N–H and O–H groups in total. The number of alkyl halides is 3. The third-order valence-electron chi connectivity index (χ3n) is 2.94. The number of halogens is 3. The maximum Gasteiger partial charge on any atom is 0.416 e. The fourth-order valence-electron chi connectivity index (χ4n) is 2.05. The van der Waals surface area contributed by atoms with Gasteiger partial charge < -0.3 is 10.0 Å². The summed E-state index contributed by atoms with van der Waals surface area (Å²) in [5, 5.41) is 9.29. The highest BCUT2D eigenvalue weighted by molar-refractivity contribution is 5.83. The molecular formula is C14H16F3NO3. The van der Waals surface area contributed by atoms with Gasteiger partial charge in [0.15, 0.2) is 6.04 Å². The molecule has 1 aromatic carbocycles. The van der Waals surface area contributed by atoms with Crippen LogP contribution in [-0.4, -0.2) is 28.4 Å². The van der Waals surface area contributed by atoms with Crippen molar-refractivity contribution in [2.45, 2.75) is 32.5 Å². The molecule has 0 saturated carbocycles. The molecule has 0 bridgehead atoms. The van der Waals surface area contributed by atoms with Crippen molar-refractivity contribution >= 4 is 11.9 Å². The third-order valence-corrected chi connectivity index (χ3v) is 2.94. The van der Waals surface area contributed by atoms with E-state index < -0.39 is 29.7 Å². The lowest BCUT2D eigenvalue weighted by Gasteiger charge is -2.28. The zero-order chi connectivity index (χ0) is 16.2. The average molecular weight is 303 g/mol. The molecule has 0 saturated heterocycles. The van der Waals surface area contributed by atoms with Crippen LogP contribution in [0.4, 0.5) is 13.2 Å². The van der Waals surface area contributed by atoms with Gasteiger partial charge in [0.05, 0.1) is 5.56 Å². The zero-order valence-electron chi connectivity index (χ0n) is 11.6. The molecule has 1 rings (SSSR count). The number of aliphatic carboxylic acids is 1. The van der Waals surface area contributed by atoms with Crippen molar-refractivity contribution in [2.24, 2.45) is 0 Å². The molecule has 0 spiro atoms. The lowest BCUT2D eigenvalue weighted by Crippen LogP contribution is -2.38. The second-order valence-electron chi connectivity index (χ2n) is 4.58. The molecule has 1 amide bonds. The number of rotatable bonds is 5. The van der Waals surface area contributed by atoms with Crippen LogP contribution in [-0.2, 0) is 15.8 Å². The van der Waals surface area contributed by atoms with Crippen LogP contribution in [0.25, 0.3) is 0 Å². The van der Waals surface area contributed by atoms with Crippen LogP contribution < -0.4 is 0 Å². The fourth-order valence-corrected chi connectivity index (χ4v) is 2.05. The molecule has 0 aliphatic heterocycles. The molecule has 4 nitrogen and oxygen atoms in total. The first-order valence-electron chi connectivity index (χ1n) is 6.35. The topological polar surface area (TPSA) is 57.6 Å². The number of hydrogen-bond acceptors (Lipinski definition) is 2. The number of carbonyl (C=O) groups is 2. The molecule has 1 aromatic rings. The van der Waals surface area contributed by atoms with Gasteiger partial charge in [-0.05, 0) is 24.1 Å². The van der Waals surface area contributed by atoms with Crippen LogP contribution in [0.3, 0.4) is 0 Å². The van der Waals surface area contributed by atoms with Crippen molar-refractivity contribution in [1.82, 2.24) is 4.90 Å². The van der Waals surface area contributed by atoms with Crippen molar-refractivity contribution in [1.29, 1.82) is 0 Å². The number of amides is 1. The summed E-state index contributed by atoms with van der Waals surface area (Å²) in [6, 6.07) is 2.62. The number of carboxylic acid groups (broad SMARTS) is 1. The van der Waals surface area contributed by atoms with E-state index in [0.29, 0.717) is 6.42 Å². The van der Waals surface area contributed by atoms with Crippen LogP contribution in [0.5, 0.6) is 0 Å². The number of hydrogen-bond donors (Lipinski definition) is 1. The van der Waals surface area contributed by atoms with Crippen molar-refractivity contribution in [3.05, 3.63) is 35.4 Å². The van der Waals surface area contributed by atoms with Gasteiger partial charge in [-0.1, -0.05) is 19.1 Å². The Hall–Kier alpha value is -2.05. The van der Waals surface area contributed by atoms with Crippen LogP contribution >= 0.6 is 0 Å². The van der Waals surface area contributed by atoms with Gasteiger partial charge in [0.25, 0.3) is 0 Å². The Balaban J connectivity index is 3.29. The molecular weight excluding hydrogens is 287 g/mol. The van der Waals surface area contributed by atoms with Crippen LogP contribution in [0.15, 0.2) is 24.3 Å². The largest absolute Gasteiger partial charge is 0.479 e. The summed E-state index contributed by atoms with van der Waals surface area (Å²) in [6.07, 6.45) is -4.06. The molecule has 0 heterocycles. The Morgan fingerprint density at radius 3 is 2.38 bits per heavy atom. The van der Waals surface area contributed by atoms with E-state index in [4.69, 9.17) is 0 Å². The molecule has 0 aliphatic rings. The molecule has 21 heavy (non-hydrogen) atoms. The zero-order valence-corrected chi connectivity index (χ0v) is 11.6. The maximum atomic E-state index is 12.7. The third kappa shape index (κ3) is 4.21. The number of carbonyl (C=O) groups excluding carboxylic acids is 1. The van der Waals surface area contributed by atoms with Crippen molar-refractivity contribution < 1.29 is 27.9 Å². The van der Waals surface area contributed by atoms with Gasteiger partial charge in [0, 0.05) is 13.5 Å². The molecule has 0 radical (unpaired) electrons. The first-order chi connectivity index (χ1) is 9.68. The second-order valence-corrected chi connectivity index (χ2v) is 4.58. The standard InChI is InChI=1S/C14H16F3NO3/c1-3-7-18(9(2)19)12(13(20)21)10-5-4-6-11(8-10)14(15,16)17/h4-6,8,12H,3,7H2,1-2H3,(H,20,21). The van der Waals surface area contributed by atoms with Gasteiger partial charge in [-0.2, -0.15) is 13.2 Å². The van der Waals surface area contributed by atoms with E-state index in [-0.39, 0.29) is 12.1 Å². The van der Waals surface area contributed by atoms with Crippen LogP contribution in [0.2, 0.25) is 0 Å². The summed E-state index contributed by atoms with van der Waals surface area (Å²) in [4.78, 5) is 24.0. The van der Waals surface area contributed by atoms with E-state index in [2.05, 4.69) is 0 Å². The van der Waals surface area contributed by atoms with Gasteiger partial charge in [0.1, 0.15) is 0 Å². The summed E-state index contributed by atoms with van der Waals surface area (Å²) >= 11 is 0. The maximum absolute atomic E-state index is 12.7. The van der Waals surface area contributed by atoms with Gasteiger partial charge >= 0.3 is 12.1 Å². The summed E-state index contributed by atoms with van der Waals surface area (Å²) in [5.74, 6) is -1.86. The SMILES string of the molecule is CCCN(C(C)=O)C(C(=O)O)c1cccc(C(F)(F)F)c1. The minimum absolute atomic E-state index is 0.0685. The molecule has 7 heteroatoms. The molecule has 1 unspecified atom stereocenters. The Morgan fingerprint density at radius 1 is 1.33 bits per heavy atom. The monoisotopic (exact) mass is 303 g/mol. The summed E-state index contributed by atoms with van der Waals surface area (Å²) in [6.45, 7) is 3.10. The van der Waals surface area contributed by atoms with E-state index in [1.165, 1.54) is 13.0 Å². The Labute approximate surface area is 120 Å². The highest BCUT2D eigenvalue weighted by atomic mass is 19.4. The molecule has 1 atom stereocenters. The predicted molar refractivity (Wildman–Crippen MR) is 69.5 cm³/mol. The summed E-state index contributed by atoms with van der Waals surface area (Å²) in [7, 11) is 0. The average Bonchev–Trinajstić information content (AvgIpc) is 2.37. The van der Waals surface area contributed by atoms with Crippen LogP contribution in [0, 0.1) is 0 Å². The van der Waals surface area contributed by atoms with E-state index in [1.54, 1.807) is 6.92 Å². The fraction of sp³-hybridized carbons (Fsp3) is 0.429. The number of carboxylic acids is 1. The van der Waals surface area contributed by atoms with Gasteiger partial charge in [0.2, 0.25) is 5.91 Å². The predicted octanol–water partition coefficient (Wildman–Crippen LogP) is 3.09.